The number of nitrogens with one attached hydrogen (secondary N) is 1. The van der Waals surface area contributed by atoms with Gasteiger partial charge in [-0.25, -0.2) is 0 Å². The molecule has 0 spiro atoms. The van der Waals surface area contributed by atoms with E-state index >= 15 is 0 Å². The number of rotatable bonds is 4. The lowest BCUT2D eigenvalue weighted by Gasteiger charge is -2.07. The van der Waals surface area contributed by atoms with Crippen molar-refractivity contribution in [2.24, 2.45) is 0 Å². The van der Waals surface area contributed by atoms with E-state index in [2.05, 4.69) is 12.2 Å². The lowest BCUT2D eigenvalue weighted by molar-refractivity contribution is 0.481. The quantitative estimate of drug-likeness (QED) is 0.852. The molecule has 2 aromatic rings. The second-order valence-corrected chi connectivity index (χ2v) is 5.66. The van der Waals surface area contributed by atoms with Crippen molar-refractivity contribution in [3.8, 4) is 11.3 Å². The normalized spacial score (nSPS) is 12.7. The SMILES string of the molecule is CNC(C)Cc1ccc(-c2c(Cl)cc(Cl)cc2Cl)o1. The lowest BCUT2D eigenvalue weighted by Crippen LogP contribution is -2.23. The van der Waals surface area contributed by atoms with Gasteiger partial charge in [-0.05, 0) is 38.2 Å². The molecule has 1 unspecified atom stereocenters. The van der Waals surface area contributed by atoms with Crippen molar-refractivity contribution >= 4 is 34.8 Å². The van der Waals surface area contributed by atoms with E-state index in [0.29, 0.717) is 32.4 Å². The Kier molecular flexibility index (Phi) is 4.80. The molecule has 5 heteroatoms. The second kappa shape index (κ2) is 6.19. The first kappa shape index (κ1) is 14.7. The molecule has 0 bridgehead atoms. The predicted molar refractivity (Wildman–Crippen MR) is 81.4 cm³/mol. The number of likely N-dealkylation sites (N-methyl/N-ethyl adjacent to an activating group) is 1. The summed E-state index contributed by atoms with van der Waals surface area (Å²) >= 11 is 18.2. The van der Waals surface area contributed by atoms with Gasteiger partial charge in [0.15, 0.2) is 0 Å². The summed E-state index contributed by atoms with van der Waals surface area (Å²) in [5.74, 6) is 1.55. The number of hydrogen-bond donors (Lipinski definition) is 1. The van der Waals surface area contributed by atoms with Gasteiger partial charge in [0.25, 0.3) is 0 Å². The third kappa shape index (κ3) is 3.46. The fourth-order valence-corrected chi connectivity index (χ4v) is 2.81. The first-order valence-corrected chi connectivity index (χ1v) is 7.05. The van der Waals surface area contributed by atoms with Gasteiger partial charge < -0.3 is 9.73 Å². The fraction of sp³-hybridized carbons (Fsp3) is 0.286. The highest BCUT2D eigenvalue weighted by molar-refractivity contribution is 6.41. The molecule has 0 saturated heterocycles. The Balaban J connectivity index is 2.33. The zero-order chi connectivity index (χ0) is 14.0. The van der Waals surface area contributed by atoms with Crippen molar-refractivity contribution in [1.29, 1.82) is 0 Å². The Bertz CT molecular complexity index is 557. The van der Waals surface area contributed by atoms with Crippen molar-refractivity contribution in [2.45, 2.75) is 19.4 Å². The summed E-state index contributed by atoms with van der Waals surface area (Å²) in [4.78, 5) is 0. The molecule has 0 fully saturated rings. The van der Waals surface area contributed by atoms with Gasteiger partial charge >= 0.3 is 0 Å². The zero-order valence-corrected chi connectivity index (χ0v) is 12.9. The van der Waals surface area contributed by atoms with Crippen LogP contribution in [0.2, 0.25) is 15.1 Å². The average molecular weight is 319 g/mol. The maximum Gasteiger partial charge on any atom is 0.137 e. The number of benzene rings is 1. The Morgan fingerprint density at radius 2 is 1.79 bits per heavy atom. The maximum absolute atomic E-state index is 6.17. The molecule has 1 aromatic carbocycles. The smallest absolute Gasteiger partial charge is 0.137 e. The van der Waals surface area contributed by atoms with Crippen molar-refractivity contribution in [3.63, 3.8) is 0 Å². The fourth-order valence-electron chi connectivity index (χ4n) is 1.80. The summed E-state index contributed by atoms with van der Waals surface area (Å²) in [6.45, 7) is 2.09. The minimum absolute atomic E-state index is 0.343. The summed E-state index contributed by atoms with van der Waals surface area (Å²) in [5, 5.41) is 4.64. The summed E-state index contributed by atoms with van der Waals surface area (Å²) in [5.41, 5.74) is 0.677. The molecule has 2 nitrogen and oxygen atoms in total. The van der Waals surface area contributed by atoms with E-state index in [0.717, 1.165) is 12.2 Å². The largest absolute Gasteiger partial charge is 0.461 e. The molecule has 0 amide bonds. The van der Waals surface area contributed by atoms with Crippen LogP contribution in [0.15, 0.2) is 28.7 Å². The van der Waals surface area contributed by atoms with Crippen LogP contribution in [-0.2, 0) is 6.42 Å². The van der Waals surface area contributed by atoms with Crippen LogP contribution < -0.4 is 5.32 Å². The molecule has 0 aliphatic heterocycles. The maximum atomic E-state index is 6.17. The van der Waals surface area contributed by atoms with Crippen LogP contribution in [0.1, 0.15) is 12.7 Å². The van der Waals surface area contributed by atoms with E-state index in [1.807, 2.05) is 19.2 Å². The van der Waals surface area contributed by atoms with E-state index in [-0.39, 0.29) is 0 Å². The van der Waals surface area contributed by atoms with Gasteiger partial charge in [0, 0.05) is 17.5 Å². The zero-order valence-electron chi connectivity index (χ0n) is 10.6. The van der Waals surface area contributed by atoms with Crippen LogP contribution in [0, 0.1) is 0 Å². The molecule has 1 N–H and O–H groups in total. The molecule has 1 atom stereocenters. The molecular formula is C14H14Cl3NO. The molecule has 0 aliphatic rings. The highest BCUT2D eigenvalue weighted by Gasteiger charge is 2.14. The van der Waals surface area contributed by atoms with Gasteiger partial charge in [-0.3, -0.25) is 0 Å². The molecule has 0 radical (unpaired) electrons. The molecule has 19 heavy (non-hydrogen) atoms. The number of furan rings is 1. The van der Waals surface area contributed by atoms with E-state index in [1.54, 1.807) is 12.1 Å². The molecule has 102 valence electrons. The minimum atomic E-state index is 0.343. The van der Waals surface area contributed by atoms with Crippen molar-refractivity contribution in [2.75, 3.05) is 7.05 Å². The van der Waals surface area contributed by atoms with Crippen molar-refractivity contribution < 1.29 is 4.42 Å². The highest BCUT2D eigenvalue weighted by Crippen LogP contribution is 2.38. The van der Waals surface area contributed by atoms with Crippen LogP contribution in [0.4, 0.5) is 0 Å². The van der Waals surface area contributed by atoms with Crippen LogP contribution in [0.25, 0.3) is 11.3 Å². The molecule has 1 aromatic heterocycles. The monoisotopic (exact) mass is 317 g/mol. The second-order valence-electron chi connectivity index (χ2n) is 4.40. The Morgan fingerprint density at radius 3 is 2.37 bits per heavy atom. The predicted octanol–water partition coefficient (Wildman–Crippen LogP) is 5.06. The summed E-state index contributed by atoms with van der Waals surface area (Å²) in [6, 6.07) is 7.46. The van der Waals surface area contributed by atoms with E-state index in [4.69, 9.17) is 39.2 Å². The van der Waals surface area contributed by atoms with Crippen molar-refractivity contribution in [1.82, 2.24) is 5.32 Å². The Hall–Kier alpha value is -0.670. The van der Waals surface area contributed by atoms with Crippen molar-refractivity contribution in [3.05, 3.63) is 45.1 Å². The van der Waals surface area contributed by atoms with Crippen LogP contribution in [0.3, 0.4) is 0 Å². The van der Waals surface area contributed by atoms with Crippen LogP contribution >= 0.6 is 34.8 Å². The number of hydrogen-bond acceptors (Lipinski definition) is 2. The average Bonchev–Trinajstić information content (AvgIpc) is 2.75. The van der Waals surface area contributed by atoms with Gasteiger partial charge in [0.05, 0.1) is 15.6 Å². The Labute approximate surface area is 127 Å². The molecule has 0 saturated carbocycles. The van der Waals surface area contributed by atoms with Gasteiger partial charge in [0.2, 0.25) is 0 Å². The van der Waals surface area contributed by atoms with E-state index < -0.39 is 0 Å². The van der Waals surface area contributed by atoms with Gasteiger partial charge in [-0.2, -0.15) is 0 Å². The molecule has 2 rings (SSSR count). The van der Waals surface area contributed by atoms with E-state index in [9.17, 15) is 0 Å². The summed E-state index contributed by atoms with van der Waals surface area (Å²) < 4.78 is 5.79. The minimum Gasteiger partial charge on any atom is -0.461 e. The van der Waals surface area contributed by atoms with Gasteiger partial charge in [-0.15, -0.1) is 0 Å². The third-order valence-corrected chi connectivity index (χ3v) is 3.73. The van der Waals surface area contributed by atoms with E-state index in [1.165, 1.54) is 0 Å². The highest BCUT2D eigenvalue weighted by atomic mass is 35.5. The molecule has 0 aliphatic carbocycles. The summed E-state index contributed by atoms with van der Waals surface area (Å²) in [7, 11) is 1.92. The standard InChI is InChI=1S/C14H14Cl3NO/c1-8(18-2)5-10-3-4-13(19-10)14-11(16)6-9(15)7-12(14)17/h3-4,6-8,18H,5H2,1-2H3. The van der Waals surface area contributed by atoms with Crippen LogP contribution in [-0.4, -0.2) is 13.1 Å². The Morgan fingerprint density at radius 1 is 1.16 bits per heavy atom. The molecule has 1 heterocycles. The first-order chi connectivity index (χ1) is 9.01. The lowest BCUT2D eigenvalue weighted by atomic mass is 10.1. The summed E-state index contributed by atoms with van der Waals surface area (Å²) in [6.07, 6.45) is 0.805. The van der Waals surface area contributed by atoms with Crippen LogP contribution in [0.5, 0.6) is 0 Å². The first-order valence-electron chi connectivity index (χ1n) is 5.92. The van der Waals surface area contributed by atoms with Gasteiger partial charge in [0.1, 0.15) is 11.5 Å². The molecular weight excluding hydrogens is 305 g/mol. The topological polar surface area (TPSA) is 25.2 Å². The number of halogens is 3. The third-order valence-electron chi connectivity index (χ3n) is 2.92. The van der Waals surface area contributed by atoms with Gasteiger partial charge in [-0.1, -0.05) is 34.8 Å².